The van der Waals surface area contributed by atoms with E-state index in [2.05, 4.69) is 44.7 Å². The molecule has 1 atom stereocenters. The molecule has 0 saturated heterocycles. The molecule has 3 aromatic heterocycles. The van der Waals surface area contributed by atoms with Crippen LogP contribution in [0.25, 0.3) is 38.6 Å². The molecule has 4 heterocycles. The second-order valence-electron chi connectivity index (χ2n) is 6.72. The molecule has 128 valence electrons. The van der Waals surface area contributed by atoms with Gasteiger partial charge in [-0.05, 0) is 24.6 Å². The summed E-state index contributed by atoms with van der Waals surface area (Å²) in [7, 11) is 0. The molecule has 0 aliphatic carbocycles. The van der Waals surface area contributed by atoms with E-state index in [9.17, 15) is 0 Å². The summed E-state index contributed by atoms with van der Waals surface area (Å²) in [4.78, 5) is 13.4. The van der Waals surface area contributed by atoms with E-state index in [4.69, 9.17) is 11.5 Å². The zero-order valence-corrected chi connectivity index (χ0v) is 14.3. The van der Waals surface area contributed by atoms with E-state index in [1.807, 2.05) is 24.4 Å². The van der Waals surface area contributed by atoms with Crippen molar-refractivity contribution >= 4 is 33.3 Å². The van der Waals surface area contributed by atoms with Crippen LogP contribution in [0.3, 0.4) is 0 Å². The van der Waals surface area contributed by atoms with Gasteiger partial charge in [-0.2, -0.15) is 0 Å². The summed E-state index contributed by atoms with van der Waals surface area (Å²) < 4.78 is 2.15. The topological polar surface area (TPSA) is 95.6 Å². The van der Waals surface area contributed by atoms with Crippen molar-refractivity contribution < 1.29 is 0 Å². The van der Waals surface area contributed by atoms with E-state index in [1.165, 1.54) is 6.33 Å². The predicted octanol–water partition coefficient (Wildman–Crippen LogP) is 2.97. The second kappa shape index (κ2) is 5.37. The molecule has 1 aromatic carbocycles. The van der Waals surface area contributed by atoms with Gasteiger partial charge in [-0.1, -0.05) is 24.3 Å². The monoisotopic (exact) mass is 342 g/mol. The number of nitrogens with zero attached hydrogens (tertiary/aromatic N) is 4. The first-order valence-electron chi connectivity index (χ1n) is 8.55. The third-order valence-corrected chi connectivity index (χ3v) is 4.98. The van der Waals surface area contributed by atoms with Crippen molar-refractivity contribution in [3.8, 4) is 11.1 Å². The van der Waals surface area contributed by atoms with Gasteiger partial charge in [0.1, 0.15) is 17.8 Å². The molecule has 1 aliphatic rings. The van der Waals surface area contributed by atoms with Gasteiger partial charge in [-0.15, -0.1) is 0 Å². The molecule has 6 nitrogen and oxygen atoms in total. The third kappa shape index (κ3) is 2.06. The molecule has 5 rings (SSSR count). The summed E-state index contributed by atoms with van der Waals surface area (Å²) in [6.07, 6.45) is 5.49. The highest BCUT2D eigenvalue weighted by atomic mass is 15.1. The van der Waals surface area contributed by atoms with Crippen molar-refractivity contribution in [3.63, 3.8) is 0 Å². The number of benzene rings is 1. The molecule has 4 N–H and O–H groups in total. The smallest absolute Gasteiger partial charge is 0.146 e. The Kier molecular flexibility index (Phi) is 3.11. The van der Waals surface area contributed by atoms with Crippen molar-refractivity contribution in [2.45, 2.75) is 19.5 Å². The average Bonchev–Trinajstić information content (AvgIpc) is 2.97. The molecule has 1 aliphatic heterocycles. The Morgan fingerprint density at radius 1 is 1.15 bits per heavy atom. The predicted molar refractivity (Wildman–Crippen MR) is 104 cm³/mol. The van der Waals surface area contributed by atoms with E-state index in [0.29, 0.717) is 12.4 Å². The first-order valence-corrected chi connectivity index (χ1v) is 8.55. The SMILES string of the molecule is CC1=C[C@H](N)Cn2c1c(-c1cnc3ccccc3c1)c1c(N)ncnc12. The molecule has 26 heavy (non-hydrogen) atoms. The van der Waals surface area contributed by atoms with Crippen LogP contribution in [0, 0.1) is 0 Å². The minimum atomic E-state index is -0.0446. The van der Waals surface area contributed by atoms with Crippen LogP contribution >= 0.6 is 0 Å². The Morgan fingerprint density at radius 3 is 2.88 bits per heavy atom. The lowest BCUT2D eigenvalue weighted by molar-refractivity contribution is 0.625. The molecule has 0 amide bonds. The van der Waals surface area contributed by atoms with Crippen molar-refractivity contribution in [3.05, 3.63) is 54.6 Å². The van der Waals surface area contributed by atoms with Gasteiger partial charge in [-0.25, -0.2) is 9.97 Å². The van der Waals surface area contributed by atoms with Crippen molar-refractivity contribution in [1.82, 2.24) is 19.5 Å². The molecule has 0 fully saturated rings. The summed E-state index contributed by atoms with van der Waals surface area (Å²) in [5.41, 5.74) is 18.5. The van der Waals surface area contributed by atoms with Crippen molar-refractivity contribution in [2.24, 2.45) is 5.73 Å². The van der Waals surface area contributed by atoms with E-state index in [-0.39, 0.29) is 6.04 Å². The van der Waals surface area contributed by atoms with Gasteiger partial charge in [0.25, 0.3) is 0 Å². The lowest BCUT2D eigenvalue weighted by atomic mass is 9.97. The van der Waals surface area contributed by atoms with Gasteiger partial charge >= 0.3 is 0 Å². The number of hydrogen-bond acceptors (Lipinski definition) is 5. The molecule has 0 unspecified atom stereocenters. The standard InChI is InChI=1S/C20H18N6/c1-11-6-14(21)9-26-18(11)16(17-19(22)24-10-25-20(17)26)13-7-12-4-2-3-5-15(12)23-8-13/h2-8,10,14H,9,21H2,1H3,(H2,22,24,25)/t14-/m0/s1. The van der Waals surface area contributed by atoms with E-state index < -0.39 is 0 Å². The van der Waals surface area contributed by atoms with Gasteiger partial charge < -0.3 is 16.0 Å². The second-order valence-corrected chi connectivity index (χ2v) is 6.72. The maximum atomic E-state index is 6.26. The highest BCUT2D eigenvalue weighted by Gasteiger charge is 2.26. The number of rotatable bonds is 1. The Morgan fingerprint density at radius 2 is 2.00 bits per heavy atom. The molecule has 0 bridgehead atoms. The number of fused-ring (bicyclic) bond motifs is 4. The number of aromatic nitrogens is 4. The van der Waals surface area contributed by atoms with Crippen LogP contribution in [0.4, 0.5) is 5.82 Å². The maximum Gasteiger partial charge on any atom is 0.146 e. The van der Waals surface area contributed by atoms with Crippen LogP contribution < -0.4 is 11.5 Å². The van der Waals surface area contributed by atoms with E-state index in [1.54, 1.807) is 0 Å². The number of nitrogens with two attached hydrogens (primary N) is 2. The quantitative estimate of drug-likeness (QED) is 0.554. The van der Waals surface area contributed by atoms with Crippen LogP contribution in [0.1, 0.15) is 12.6 Å². The van der Waals surface area contributed by atoms with Gasteiger partial charge in [0.05, 0.1) is 16.6 Å². The molecular weight excluding hydrogens is 324 g/mol. The lowest BCUT2D eigenvalue weighted by Gasteiger charge is -2.21. The Hall–Kier alpha value is -3.25. The first-order chi connectivity index (χ1) is 12.6. The maximum absolute atomic E-state index is 6.26. The fraction of sp³-hybridized carbons (Fsp3) is 0.150. The molecule has 0 spiro atoms. The number of nitrogen functional groups attached to an aromatic ring is 1. The largest absolute Gasteiger partial charge is 0.383 e. The van der Waals surface area contributed by atoms with E-state index >= 15 is 0 Å². The molecule has 4 aromatic rings. The number of allylic oxidation sites excluding steroid dienone is 1. The van der Waals surface area contributed by atoms with Crippen LogP contribution in [0.15, 0.2) is 48.9 Å². The highest BCUT2D eigenvalue weighted by Crippen LogP contribution is 2.41. The minimum absolute atomic E-state index is 0.0446. The lowest BCUT2D eigenvalue weighted by Crippen LogP contribution is -2.28. The van der Waals surface area contributed by atoms with Crippen LogP contribution in [-0.4, -0.2) is 25.6 Å². The Labute approximate surface area is 150 Å². The van der Waals surface area contributed by atoms with Crippen LogP contribution in [0.5, 0.6) is 0 Å². The van der Waals surface area contributed by atoms with Crippen LogP contribution in [0.2, 0.25) is 0 Å². The number of anilines is 1. The van der Waals surface area contributed by atoms with Crippen molar-refractivity contribution in [1.29, 1.82) is 0 Å². The summed E-state index contributed by atoms with van der Waals surface area (Å²) in [5, 5.41) is 1.95. The first kappa shape index (κ1) is 15.0. The molecular formula is C20H18N6. The third-order valence-electron chi connectivity index (χ3n) is 4.98. The molecule has 6 heteroatoms. The van der Waals surface area contributed by atoms with Gasteiger partial charge in [0, 0.05) is 35.3 Å². The average molecular weight is 342 g/mol. The van der Waals surface area contributed by atoms with Gasteiger partial charge in [0.15, 0.2) is 0 Å². The fourth-order valence-corrected chi connectivity index (χ4v) is 3.93. The van der Waals surface area contributed by atoms with Crippen LogP contribution in [-0.2, 0) is 6.54 Å². The van der Waals surface area contributed by atoms with Gasteiger partial charge in [-0.3, -0.25) is 4.98 Å². The van der Waals surface area contributed by atoms with Crippen molar-refractivity contribution in [2.75, 3.05) is 5.73 Å². The zero-order chi connectivity index (χ0) is 17.8. The van der Waals surface area contributed by atoms with E-state index in [0.717, 1.165) is 44.3 Å². The number of hydrogen-bond donors (Lipinski definition) is 2. The number of para-hydroxylation sites is 1. The Balaban J connectivity index is 1.91. The highest BCUT2D eigenvalue weighted by molar-refractivity contribution is 6.06. The Bertz CT molecular complexity index is 1200. The van der Waals surface area contributed by atoms with Gasteiger partial charge in [0.2, 0.25) is 0 Å². The summed E-state index contributed by atoms with van der Waals surface area (Å²) >= 11 is 0. The number of pyridine rings is 1. The summed E-state index contributed by atoms with van der Waals surface area (Å²) in [6, 6.07) is 10.2. The minimum Gasteiger partial charge on any atom is -0.383 e. The molecule has 0 radical (unpaired) electrons. The summed E-state index contributed by atoms with van der Waals surface area (Å²) in [5.74, 6) is 0.474. The summed E-state index contributed by atoms with van der Waals surface area (Å²) in [6.45, 7) is 2.74. The molecule has 0 saturated carbocycles. The zero-order valence-electron chi connectivity index (χ0n) is 14.3. The fourth-order valence-electron chi connectivity index (χ4n) is 3.93. The normalized spacial score (nSPS) is 16.7.